The summed E-state index contributed by atoms with van der Waals surface area (Å²) in [5.74, 6) is 0. The van der Waals surface area contributed by atoms with Gasteiger partial charge in [-0.2, -0.15) is 0 Å². The van der Waals surface area contributed by atoms with Crippen molar-refractivity contribution < 1.29 is 4.48 Å². The van der Waals surface area contributed by atoms with E-state index in [4.69, 9.17) is 22.9 Å². The Labute approximate surface area is 175 Å². The van der Waals surface area contributed by atoms with E-state index in [0.29, 0.717) is 26.2 Å². The lowest BCUT2D eigenvalue weighted by Crippen LogP contribution is -2.51. The molecular formula is C22H49N6+. The summed E-state index contributed by atoms with van der Waals surface area (Å²) in [5.41, 5.74) is 19.6. The van der Waals surface area contributed by atoms with E-state index in [-0.39, 0.29) is 0 Å². The molecule has 0 atom stereocenters. The Morgan fingerprint density at radius 3 is 1.14 bits per heavy atom. The van der Waals surface area contributed by atoms with Gasteiger partial charge in [0.15, 0.2) is 0 Å². The zero-order chi connectivity index (χ0) is 23.1. The van der Waals surface area contributed by atoms with Crippen LogP contribution in [0.25, 0.3) is 0 Å². The van der Waals surface area contributed by atoms with Gasteiger partial charge < -0.3 is 32.7 Å². The van der Waals surface area contributed by atoms with E-state index in [1.165, 1.54) is 0 Å². The zero-order valence-corrected chi connectivity index (χ0v) is 18.3. The second-order valence-electron chi connectivity index (χ2n) is 5.13. The lowest BCUT2D eigenvalue weighted by molar-refractivity contribution is -0.910. The standard InChI is InChI=1S/C14H25N2.2C2H8N2.2C2H4/c1-5-9-15-10-14-16(11-6-2,12-7-3)13-8-4;2*3-1-2-4;2*1-2/h5-8,15H,1-4,9-14H2;2*1-4H2;2*1-2H2/q+1;;;;. The Kier molecular flexibility index (Phi) is 52.9. The largest absolute Gasteiger partial charge is 0.329 e. The molecular weight excluding hydrogens is 348 g/mol. The van der Waals surface area contributed by atoms with Gasteiger partial charge >= 0.3 is 0 Å². The van der Waals surface area contributed by atoms with E-state index in [1.807, 2.05) is 24.3 Å². The minimum absolute atomic E-state index is 0.597. The van der Waals surface area contributed by atoms with Gasteiger partial charge in [-0.25, -0.2) is 0 Å². The number of hydrogen-bond donors (Lipinski definition) is 5. The van der Waals surface area contributed by atoms with Crippen LogP contribution in [0.5, 0.6) is 0 Å². The summed E-state index contributed by atoms with van der Waals surface area (Å²) in [7, 11) is 0. The highest BCUT2D eigenvalue weighted by Gasteiger charge is 2.21. The highest BCUT2D eigenvalue weighted by Crippen LogP contribution is 2.07. The van der Waals surface area contributed by atoms with Crippen LogP contribution in [0, 0.1) is 0 Å². The lowest BCUT2D eigenvalue weighted by Gasteiger charge is -2.36. The van der Waals surface area contributed by atoms with Gasteiger partial charge in [-0.05, 0) is 18.2 Å². The Morgan fingerprint density at radius 2 is 0.929 bits per heavy atom. The Morgan fingerprint density at radius 1 is 0.607 bits per heavy atom. The van der Waals surface area contributed by atoms with Crippen LogP contribution >= 0.6 is 0 Å². The SMILES string of the molecule is C=C.C=C.C=CCNCC[N+](CC=C)(CC=C)CC=C.NCCN.NCCN. The van der Waals surface area contributed by atoms with E-state index in [0.717, 1.165) is 43.8 Å². The van der Waals surface area contributed by atoms with Crippen molar-refractivity contribution in [2.24, 2.45) is 22.9 Å². The molecule has 0 aromatic heterocycles. The number of nitrogens with two attached hydrogens (primary N) is 4. The van der Waals surface area contributed by atoms with Crippen LogP contribution in [-0.2, 0) is 0 Å². The molecule has 6 nitrogen and oxygen atoms in total. The first kappa shape index (κ1) is 37.0. The van der Waals surface area contributed by atoms with Crippen molar-refractivity contribution in [3.63, 3.8) is 0 Å². The first-order valence-electron chi connectivity index (χ1n) is 9.37. The number of quaternary nitrogens is 1. The van der Waals surface area contributed by atoms with Crippen molar-refractivity contribution in [2.45, 2.75) is 0 Å². The monoisotopic (exact) mass is 397 g/mol. The minimum atomic E-state index is 0.597. The van der Waals surface area contributed by atoms with E-state index >= 15 is 0 Å². The molecule has 0 spiro atoms. The van der Waals surface area contributed by atoms with Crippen LogP contribution in [0.2, 0.25) is 0 Å². The van der Waals surface area contributed by atoms with Crippen LogP contribution in [0.3, 0.4) is 0 Å². The molecule has 0 unspecified atom stereocenters. The van der Waals surface area contributed by atoms with E-state index in [1.54, 1.807) is 0 Å². The molecule has 9 N–H and O–H groups in total. The molecule has 6 heteroatoms. The molecule has 0 amide bonds. The molecule has 28 heavy (non-hydrogen) atoms. The maximum Gasteiger partial charge on any atom is 0.0976 e. The minimum Gasteiger partial charge on any atom is -0.329 e. The first-order chi connectivity index (χ1) is 13.6. The molecule has 0 heterocycles. The molecule has 0 saturated carbocycles. The number of nitrogens with one attached hydrogen (secondary N) is 1. The summed E-state index contributed by atoms with van der Waals surface area (Å²) in [6.45, 7) is 35.3. The summed E-state index contributed by atoms with van der Waals surface area (Å²) in [5, 5.41) is 3.33. The van der Waals surface area contributed by atoms with Gasteiger partial charge in [0.25, 0.3) is 0 Å². The summed E-state index contributed by atoms with van der Waals surface area (Å²) in [6.07, 6.45) is 7.80. The maximum absolute atomic E-state index is 4.90. The average Bonchev–Trinajstić information content (AvgIpc) is 2.75. The smallest absolute Gasteiger partial charge is 0.0976 e. The fourth-order valence-corrected chi connectivity index (χ4v) is 1.84. The van der Waals surface area contributed by atoms with Crippen molar-refractivity contribution in [3.8, 4) is 0 Å². The van der Waals surface area contributed by atoms with Crippen molar-refractivity contribution in [1.82, 2.24) is 5.32 Å². The van der Waals surface area contributed by atoms with Gasteiger partial charge in [0.05, 0.1) is 26.2 Å². The van der Waals surface area contributed by atoms with Gasteiger partial charge in [0, 0.05) is 39.3 Å². The van der Waals surface area contributed by atoms with Crippen LogP contribution < -0.4 is 28.3 Å². The van der Waals surface area contributed by atoms with Crippen molar-refractivity contribution in [1.29, 1.82) is 0 Å². The highest BCUT2D eigenvalue weighted by molar-refractivity contribution is 4.77. The maximum atomic E-state index is 4.90. The lowest BCUT2D eigenvalue weighted by atomic mass is 10.3. The van der Waals surface area contributed by atoms with Crippen molar-refractivity contribution in [2.75, 3.05) is 65.4 Å². The molecule has 166 valence electrons. The Bertz CT molecular complexity index is 282. The number of hydrogen-bond acceptors (Lipinski definition) is 5. The number of nitrogens with zero attached hydrogens (tertiary/aromatic N) is 1. The molecule has 0 fully saturated rings. The third kappa shape index (κ3) is 35.3. The summed E-state index contributed by atoms with van der Waals surface area (Å²) >= 11 is 0. The van der Waals surface area contributed by atoms with Gasteiger partial charge in [0.1, 0.15) is 0 Å². The molecule has 0 aromatic rings. The van der Waals surface area contributed by atoms with E-state index < -0.39 is 0 Å². The molecule has 0 saturated heterocycles. The second kappa shape index (κ2) is 40.0. The summed E-state index contributed by atoms with van der Waals surface area (Å²) < 4.78 is 0.945. The quantitative estimate of drug-likeness (QED) is 0.184. The van der Waals surface area contributed by atoms with Gasteiger partial charge in [-0.3, -0.25) is 0 Å². The average molecular weight is 398 g/mol. The topological polar surface area (TPSA) is 116 Å². The Hall–Kier alpha value is -1.80. The van der Waals surface area contributed by atoms with Gasteiger partial charge in [0.2, 0.25) is 0 Å². The molecule has 0 aliphatic carbocycles. The van der Waals surface area contributed by atoms with Crippen LogP contribution in [0.4, 0.5) is 0 Å². The van der Waals surface area contributed by atoms with Crippen LogP contribution in [0.1, 0.15) is 0 Å². The molecule has 0 bridgehead atoms. The fourth-order valence-electron chi connectivity index (χ4n) is 1.84. The third-order valence-corrected chi connectivity index (χ3v) is 2.93. The van der Waals surface area contributed by atoms with Gasteiger partial charge in [-0.1, -0.05) is 25.8 Å². The van der Waals surface area contributed by atoms with Crippen molar-refractivity contribution >= 4 is 0 Å². The molecule has 0 radical (unpaired) electrons. The number of rotatable bonds is 13. The normalized spacial score (nSPS) is 8.57. The predicted molar refractivity (Wildman–Crippen MR) is 132 cm³/mol. The zero-order valence-electron chi connectivity index (χ0n) is 18.3. The molecule has 0 rings (SSSR count). The third-order valence-electron chi connectivity index (χ3n) is 2.93. The Balaban J connectivity index is -0.000000121. The first-order valence-corrected chi connectivity index (χ1v) is 9.37. The molecule has 0 aromatic carbocycles. The highest BCUT2D eigenvalue weighted by atomic mass is 15.3. The second-order valence-corrected chi connectivity index (χ2v) is 5.13. The fraction of sp³-hybridized carbons (Fsp3) is 0.455. The van der Waals surface area contributed by atoms with Crippen molar-refractivity contribution in [3.05, 3.63) is 76.9 Å². The van der Waals surface area contributed by atoms with Gasteiger partial charge in [-0.15, -0.1) is 32.9 Å². The summed E-state index contributed by atoms with van der Waals surface area (Å²) in [6, 6.07) is 0. The van der Waals surface area contributed by atoms with E-state index in [9.17, 15) is 0 Å². The predicted octanol–water partition coefficient (Wildman–Crippen LogP) is 1.55. The molecule has 0 aliphatic heterocycles. The van der Waals surface area contributed by atoms with E-state index in [2.05, 4.69) is 57.9 Å². The van der Waals surface area contributed by atoms with Crippen LogP contribution in [-0.4, -0.2) is 69.9 Å². The summed E-state index contributed by atoms with van der Waals surface area (Å²) in [4.78, 5) is 0. The molecule has 0 aliphatic rings. The van der Waals surface area contributed by atoms with Crippen LogP contribution in [0.15, 0.2) is 76.9 Å².